The molecule has 1 aromatic carbocycles. The van der Waals surface area contributed by atoms with Crippen molar-refractivity contribution in [1.82, 2.24) is 9.97 Å². The highest BCUT2D eigenvalue weighted by atomic mass is 32.1. The van der Waals surface area contributed by atoms with Crippen LogP contribution in [0.25, 0.3) is 21.8 Å². The van der Waals surface area contributed by atoms with Crippen LogP contribution in [0.1, 0.15) is 13.3 Å². The van der Waals surface area contributed by atoms with Gasteiger partial charge in [-0.2, -0.15) is 0 Å². The molecule has 0 fully saturated rings. The van der Waals surface area contributed by atoms with Crippen LogP contribution >= 0.6 is 11.3 Å². The number of hydrogen-bond donors (Lipinski definition) is 1. The van der Waals surface area contributed by atoms with Crippen molar-refractivity contribution >= 4 is 17.0 Å². The number of hydrogen-bond acceptors (Lipinski definition) is 5. The molecule has 4 nitrogen and oxygen atoms in total. The highest BCUT2D eigenvalue weighted by Crippen LogP contribution is 2.35. The van der Waals surface area contributed by atoms with Gasteiger partial charge >= 0.3 is 0 Å². The van der Waals surface area contributed by atoms with E-state index in [0.717, 1.165) is 46.2 Å². The van der Waals surface area contributed by atoms with E-state index < -0.39 is 0 Å². The molecule has 23 heavy (non-hydrogen) atoms. The van der Waals surface area contributed by atoms with Crippen LogP contribution in [0.4, 0.5) is 5.69 Å². The molecule has 3 aromatic rings. The van der Waals surface area contributed by atoms with Crippen molar-refractivity contribution in [2.24, 2.45) is 0 Å². The number of thiazole rings is 1. The molecule has 1 aliphatic rings. The summed E-state index contributed by atoms with van der Waals surface area (Å²) < 4.78 is 5.96. The molecule has 0 saturated heterocycles. The van der Waals surface area contributed by atoms with Gasteiger partial charge in [0.25, 0.3) is 0 Å². The van der Waals surface area contributed by atoms with Crippen LogP contribution < -0.4 is 10.1 Å². The van der Waals surface area contributed by atoms with Gasteiger partial charge < -0.3 is 10.1 Å². The quantitative estimate of drug-likeness (QED) is 0.773. The van der Waals surface area contributed by atoms with E-state index in [1.165, 1.54) is 0 Å². The summed E-state index contributed by atoms with van der Waals surface area (Å²) in [6.45, 7) is 2.99. The second-order valence-electron chi connectivity index (χ2n) is 5.52. The number of benzene rings is 1. The van der Waals surface area contributed by atoms with Gasteiger partial charge in [-0.15, -0.1) is 11.3 Å². The predicted molar refractivity (Wildman–Crippen MR) is 94.0 cm³/mol. The molecule has 1 atom stereocenters. The van der Waals surface area contributed by atoms with Crippen LogP contribution in [-0.2, 0) is 0 Å². The maximum atomic E-state index is 5.96. The minimum atomic E-state index is 0.254. The molecule has 3 heterocycles. The van der Waals surface area contributed by atoms with Gasteiger partial charge in [0.05, 0.1) is 17.9 Å². The summed E-state index contributed by atoms with van der Waals surface area (Å²) in [6.07, 6.45) is 4.88. The summed E-state index contributed by atoms with van der Waals surface area (Å²) in [7, 11) is 0. The van der Waals surface area contributed by atoms with Gasteiger partial charge in [0, 0.05) is 28.9 Å². The smallest absolute Gasteiger partial charge is 0.142 e. The molecule has 0 radical (unpaired) electrons. The Bertz CT molecular complexity index is 816. The largest absolute Gasteiger partial charge is 0.486 e. The van der Waals surface area contributed by atoms with E-state index >= 15 is 0 Å². The lowest BCUT2D eigenvalue weighted by Gasteiger charge is -2.26. The molecule has 0 spiro atoms. The molecule has 1 unspecified atom stereocenters. The van der Waals surface area contributed by atoms with Gasteiger partial charge in [0.2, 0.25) is 0 Å². The summed E-state index contributed by atoms with van der Waals surface area (Å²) in [5.74, 6) is 0.926. The molecule has 116 valence electrons. The first-order valence-electron chi connectivity index (χ1n) is 7.74. The van der Waals surface area contributed by atoms with E-state index in [4.69, 9.17) is 9.72 Å². The summed E-state index contributed by atoms with van der Waals surface area (Å²) in [6, 6.07) is 10.2. The molecule has 2 aromatic heterocycles. The van der Waals surface area contributed by atoms with Crippen molar-refractivity contribution in [2.75, 3.05) is 11.9 Å². The second kappa shape index (κ2) is 6.01. The Labute approximate surface area is 139 Å². The van der Waals surface area contributed by atoms with Crippen molar-refractivity contribution in [3.63, 3.8) is 0 Å². The zero-order valence-corrected chi connectivity index (χ0v) is 13.6. The summed E-state index contributed by atoms with van der Waals surface area (Å²) in [5.41, 5.74) is 4.18. The van der Waals surface area contributed by atoms with Crippen molar-refractivity contribution in [3.8, 4) is 27.6 Å². The first kappa shape index (κ1) is 14.2. The Kier molecular flexibility index (Phi) is 3.71. The lowest BCUT2D eigenvalue weighted by molar-refractivity contribution is 0.202. The van der Waals surface area contributed by atoms with Gasteiger partial charge in [-0.25, -0.2) is 4.98 Å². The molecule has 0 amide bonds. The van der Waals surface area contributed by atoms with Crippen LogP contribution in [-0.4, -0.2) is 22.6 Å². The number of anilines is 1. The Morgan fingerprint density at radius 1 is 1.30 bits per heavy atom. The first-order valence-corrected chi connectivity index (χ1v) is 8.62. The lowest BCUT2D eigenvalue weighted by Crippen LogP contribution is -2.29. The normalized spacial score (nSPS) is 16.3. The van der Waals surface area contributed by atoms with Gasteiger partial charge in [0.1, 0.15) is 16.9 Å². The third-order valence-electron chi connectivity index (χ3n) is 3.96. The van der Waals surface area contributed by atoms with Gasteiger partial charge in [0.15, 0.2) is 0 Å². The maximum absolute atomic E-state index is 5.96. The van der Waals surface area contributed by atoms with Gasteiger partial charge in [-0.05, 0) is 36.8 Å². The average molecular weight is 323 g/mol. The zero-order chi connectivity index (χ0) is 15.6. The monoisotopic (exact) mass is 323 g/mol. The summed E-state index contributed by atoms with van der Waals surface area (Å²) in [4.78, 5) is 8.90. The third-order valence-corrected chi connectivity index (χ3v) is 4.85. The van der Waals surface area contributed by atoms with E-state index in [-0.39, 0.29) is 6.10 Å². The Balaban J connectivity index is 1.63. The van der Waals surface area contributed by atoms with Crippen LogP contribution in [0.5, 0.6) is 5.75 Å². The molecule has 0 bridgehead atoms. The van der Waals surface area contributed by atoms with Crippen LogP contribution in [0, 0.1) is 0 Å². The minimum Gasteiger partial charge on any atom is -0.486 e. The fourth-order valence-corrected chi connectivity index (χ4v) is 3.45. The van der Waals surface area contributed by atoms with Crippen LogP contribution in [0.2, 0.25) is 0 Å². The topological polar surface area (TPSA) is 47.0 Å². The molecule has 1 N–H and O–H groups in total. The molecule has 4 rings (SSSR count). The molecule has 0 saturated carbocycles. The highest BCUT2D eigenvalue weighted by molar-refractivity contribution is 7.13. The number of pyridine rings is 1. The van der Waals surface area contributed by atoms with E-state index in [1.807, 2.05) is 24.4 Å². The Hall–Kier alpha value is -2.40. The number of nitrogens with zero attached hydrogens (tertiary/aromatic N) is 2. The average Bonchev–Trinajstić information content (AvgIpc) is 3.11. The van der Waals surface area contributed by atoms with Crippen LogP contribution in [0.15, 0.2) is 48.1 Å². The number of ether oxygens (including phenoxy) is 1. The SMILES string of the molecule is CCC1CNc2cc(-c3csc(-c4cccnc4)n3)ccc2O1. The number of fused-ring (bicyclic) bond motifs is 1. The molecule has 0 aliphatic carbocycles. The minimum absolute atomic E-state index is 0.254. The maximum Gasteiger partial charge on any atom is 0.142 e. The molecule has 5 heteroatoms. The van der Waals surface area contributed by atoms with Crippen molar-refractivity contribution < 1.29 is 4.74 Å². The van der Waals surface area contributed by atoms with Crippen molar-refractivity contribution in [1.29, 1.82) is 0 Å². The standard InChI is InChI=1S/C18H17N3OS/c1-2-14-10-20-15-8-12(5-6-17(15)22-14)16-11-23-18(21-16)13-4-3-7-19-9-13/h3-9,11,14,20H,2,10H2,1H3. The molecular weight excluding hydrogens is 306 g/mol. The van der Waals surface area contributed by atoms with Crippen molar-refractivity contribution in [2.45, 2.75) is 19.4 Å². The van der Waals surface area contributed by atoms with E-state index in [0.29, 0.717) is 0 Å². The fraction of sp³-hybridized carbons (Fsp3) is 0.222. The van der Waals surface area contributed by atoms with E-state index in [2.05, 4.69) is 34.7 Å². The third kappa shape index (κ3) is 2.80. The molecular formula is C18H17N3OS. The van der Waals surface area contributed by atoms with E-state index in [9.17, 15) is 0 Å². The fourth-order valence-electron chi connectivity index (χ4n) is 2.63. The van der Waals surface area contributed by atoms with Crippen LogP contribution in [0.3, 0.4) is 0 Å². The second-order valence-corrected chi connectivity index (χ2v) is 6.38. The van der Waals surface area contributed by atoms with E-state index in [1.54, 1.807) is 17.5 Å². The highest BCUT2D eigenvalue weighted by Gasteiger charge is 2.18. The number of aromatic nitrogens is 2. The van der Waals surface area contributed by atoms with Gasteiger partial charge in [-0.3, -0.25) is 4.98 Å². The zero-order valence-electron chi connectivity index (χ0n) is 12.8. The number of nitrogens with one attached hydrogen (secondary N) is 1. The predicted octanol–water partition coefficient (Wildman–Crippen LogP) is 4.46. The summed E-state index contributed by atoms with van der Waals surface area (Å²) >= 11 is 1.64. The Morgan fingerprint density at radius 2 is 2.26 bits per heavy atom. The van der Waals surface area contributed by atoms with Gasteiger partial charge in [-0.1, -0.05) is 6.92 Å². The molecule has 1 aliphatic heterocycles. The van der Waals surface area contributed by atoms with Crippen molar-refractivity contribution in [3.05, 3.63) is 48.1 Å². The Morgan fingerprint density at radius 3 is 3.09 bits per heavy atom. The number of rotatable bonds is 3. The first-order chi connectivity index (χ1) is 11.3. The lowest BCUT2D eigenvalue weighted by atomic mass is 10.1. The summed E-state index contributed by atoms with van der Waals surface area (Å²) in [5, 5.41) is 6.53.